The van der Waals surface area contributed by atoms with Gasteiger partial charge in [0.2, 0.25) is 0 Å². The summed E-state index contributed by atoms with van der Waals surface area (Å²) in [6, 6.07) is 1.67. The lowest BCUT2D eigenvalue weighted by atomic mass is 10.0. The molecule has 3 N–H and O–H groups in total. The Morgan fingerprint density at radius 1 is 0.964 bits per heavy atom. The van der Waals surface area contributed by atoms with Gasteiger partial charge < -0.3 is 10.2 Å². The quantitative estimate of drug-likeness (QED) is 0.387. The minimum Gasteiger partial charge on any atom is -0.505 e. The molecule has 12 nitrogen and oxygen atoms in total. The van der Waals surface area contributed by atoms with Crippen LogP contribution < -0.4 is 0 Å². The van der Waals surface area contributed by atoms with E-state index < -0.39 is 25.6 Å². The predicted molar refractivity (Wildman–Crippen MR) is 93.0 cm³/mol. The monoisotopic (exact) mass is 430 g/mol. The zero-order valence-corrected chi connectivity index (χ0v) is 16.0. The average Bonchev–Trinajstić information content (AvgIpc) is 3.24. The van der Waals surface area contributed by atoms with E-state index in [4.69, 9.17) is 17.2 Å². The highest BCUT2D eigenvalue weighted by Crippen LogP contribution is 2.40. The summed E-state index contributed by atoms with van der Waals surface area (Å²) < 4.78 is 59.2. The van der Waals surface area contributed by atoms with Crippen LogP contribution in [0.25, 0.3) is 11.4 Å². The van der Waals surface area contributed by atoms with Crippen molar-refractivity contribution in [1.29, 1.82) is 0 Å². The SMILES string of the molecule is Cc1c(O)c(-n2cc(S(=O)(=O)O)cn2)c(C)c(O)c1-n1cccn1.O=S(=O)=O. The number of nitrogens with zero attached hydrogens (tertiary/aromatic N) is 4. The van der Waals surface area contributed by atoms with Gasteiger partial charge in [0.25, 0.3) is 10.1 Å². The number of aromatic nitrogens is 4. The molecule has 14 heteroatoms. The van der Waals surface area contributed by atoms with Crippen molar-refractivity contribution in [3.8, 4) is 22.9 Å². The Morgan fingerprint density at radius 2 is 1.46 bits per heavy atom. The first-order chi connectivity index (χ1) is 12.9. The standard InChI is InChI=1S/C14H14N4O5S.O3S/c1-8-11(17-5-3-4-15-17)13(19)9(2)12(14(8)20)18-7-10(6-16-18)24(21,22)23;1-4(2)3/h3-7,19-20H,1-2H3,(H,21,22,23);. The van der Waals surface area contributed by atoms with Gasteiger partial charge >= 0.3 is 10.6 Å². The summed E-state index contributed by atoms with van der Waals surface area (Å²) in [7, 11) is -7.53. The second-order valence-electron chi connectivity index (χ2n) is 5.39. The molecule has 0 spiro atoms. The largest absolute Gasteiger partial charge is 0.505 e. The Kier molecular flexibility index (Phi) is 5.86. The molecule has 28 heavy (non-hydrogen) atoms. The van der Waals surface area contributed by atoms with Crippen LogP contribution >= 0.6 is 0 Å². The van der Waals surface area contributed by atoms with Crippen LogP contribution in [0.5, 0.6) is 11.5 Å². The van der Waals surface area contributed by atoms with E-state index in [0.717, 1.165) is 17.1 Å². The molecule has 0 aliphatic heterocycles. The van der Waals surface area contributed by atoms with Gasteiger partial charge in [-0.05, 0) is 19.9 Å². The fraction of sp³-hybridized carbons (Fsp3) is 0.143. The number of rotatable bonds is 3. The number of benzene rings is 1. The summed E-state index contributed by atoms with van der Waals surface area (Å²) in [5.74, 6) is -0.325. The van der Waals surface area contributed by atoms with Gasteiger partial charge in [-0.3, -0.25) is 4.55 Å². The smallest absolute Gasteiger partial charge is 0.425 e. The highest BCUT2D eigenvalue weighted by Gasteiger charge is 2.23. The van der Waals surface area contributed by atoms with E-state index in [-0.39, 0.29) is 22.7 Å². The van der Waals surface area contributed by atoms with E-state index in [2.05, 4.69) is 10.2 Å². The summed E-state index contributed by atoms with van der Waals surface area (Å²) in [6.07, 6.45) is 5.14. The molecule has 0 aliphatic rings. The molecule has 3 aromatic rings. The summed E-state index contributed by atoms with van der Waals surface area (Å²) in [6.45, 7) is 3.13. The van der Waals surface area contributed by atoms with E-state index in [1.54, 1.807) is 26.1 Å². The molecule has 0 saturated heterocycles. The first-order valence-corrected chi connectivity index (χ1v) is 9.73. The molecule has 3 rings (SSSR count). The van der Waals surface area contributed by atoms with Gasteiger partial charge in [0, 0.05) is 23.5 Å². The van der Waals surface area contributed by atoms with Gasteiger partial charge in [0.1, 0.15) is 27.8 Å². The fourth-order valence-corrected chi connectivity index (χ4v) is 2.87. The maximum Gasteiger partial charge on any atom is 0.425 e. The van der Waals surface area contributed by atoms with Crippen molar-refractivity contribution in [2.75, 3.05) is 0 Å². The van der Waals surface area contributed by atoms with Crippen molar-refractivity contribution in [2.45, 2.75) is 18.7 Å². The Bertz CT molecular complexity index is 1190. The Morgan fingerprint density at radius 3 is 1.86 bits per heavy atom. The third-order valence-corrected chi connectivity index (χ3v) is 4.50. The minimum absolute atomic E-state index is 0.107. The van der Waals surface area contributed by atoms with Crippen molar-refractivity contribution in [3.05, 3.63) is 42.0 Å². The van der Waals surface area contributed by atoms with Crippen LogP contribution in [-0.4, -0.2) is 55.4 Å². The van der Waals surface area contributed by atoms with Gasteiger partial charge in [-0.15, -0.1) is 12.6 Å². The highest BCUT2D eigenvalue weighted by molar-refractivity contribution is 7.85. The van der Waals surface area contributed by atoms with E-state index in [1.165, 1.54) is 10.9 Å². The number of hydrogen-bond donors (Lipinski definition) is 3. The van der Waals surface area contributed by atoms with Crippen molar-refractivity contribution < 1.29 is 35.8 Å². The van der Waals surface area contributed by atoms with Crippen molar-refractivity contribution in [2.24, 2.45) is 0 Å². The molecule has 1 aromatic carbocycles. The summed E-state index contributed by atoms with van der Waals surface area (Å²) >= 11 is 0. The number of hydrogen-bond acceptors (Lipinski definition) is 9. The normalized spacial score (nSPS) is 11.0. The van der Waals surface area contributed by atoms with Crippen molar-refractivity contribution >= 4 is 20.7 Å². The first kappa shape index (κ1) is 21.1. The first-order valence-electron chi connectivity index (χ1n) is 7.29. The van der Waals surface area contributed by atoms with Crippen molar-refractivity contribution in [3.63, 3.8) is 0 Å². The maximum absolute atomic E-state index is 11.2. The van der Waals surface area contributed by atoms with Crippen LogP contribution in [0.3, 0.4) is 0 Å². The zero-order chi connectivity index (χ0) is 21.2. The molecule has 0 unspecified atom stereocenters. The molecule has 2 aromatic heterocycles. The fourth-order valence-electron chi connectivity index (χ4n) is 2.46. The third-order valence-electron chi connectivity index (χ3n) is 3.69. The van der Waals surface area contributed by atoms with Crippen molar-refractivity contribution in [1.82, 2.24) is 19.6 Å². The van der Waals surface area contributed by atoms with Crippen LogP contribution in [0.2, 0.25) is 0 Å². The Labute approximate surface area is 160 Å². The predicted octanol–water partition coefficient (Wildman–Crippen LogP) is 0.329. The topological polar surface area (TPSA) is 182 Å². The maximum atomic E-state index is 11.2. The second-order valence-corrected chi connectivity index (χ2v) is 7.22. The molecule has 150 valence electrons. The summed E-state index contributed by atoms with van der Waals surface area (Å²) in [5.41, 5.74) is 1.02. The molecule has 0 atom stereocenters. The van der Waals surface area contributed by atoms with Gasteiger partial charge in [-0.2, -0.15) is 18.6 Å². The second kappa shape index (κ2) is 7.79. The molecular weight excluding hydrogens is 416 g/mol. The lowest BCUT2D eigenvalue weighted by molar-refractivity contribution is 0.445. The molecule has 0 amide bonds. The van der Waals surface area contributed by atoms with Gasteiger partial charge in [-0.1, -0.05) is 0 Å². The molecule has 0 aliphatic carbocycles. The summed E-state index contributed by atoms with van der Waals surface area (Å²) in [5, 5.41) is 28.9. The van der Waals surface area contributed by atoms with E-state index in [0.29, 0.717) is 11.3 Å². The lowest BCUT2D eigenvalue weighted by Gasteiger charge is -2.17. The van der Waals surface area contributed by atoms with Crippen LogP contribution in [0.1, 0.15) is 11.1 Å². The molecule has 2 heterocycles. The zero-order valence-electron chi connectivity index (χ0n) is 14.4. The van der Waals surface area contributed by atoms with Gasteiger partial charge in [0.15, 0.2) is 0 Å². The third kappa shape index (κ3) is 4.19. The summed E-state index contributed by atoms with van der Waals surface area (Å²) in [4.78, 5) is -0.422. The average molecular weight is 430 g/mol. The molecule has 0 saturated carbocycles. The minimum atomic E-state index is -4.42. The van der Waals surface area contributed by atoms with Crippen LogP contribution in [-0.2, 0) is 20.7 Å². The lowest BCUT2D eigenvalue weighted by Crippen LogP contribution is -2.05. The molecule has 0 fully saturated rings. The number of phenols is 2. The van der Waals surface area contributed by atoms with Crippen LogP contribution in [0.15, 0.2) is 35.7 Å². The number of aromatic hydroxyl groups is 2. The van der Waals surface area contributed by atoms with Crippen LogP contribution in [0.4, 0.5) is 0 Å². The number of phenolic OH excluding ortho intramolecular Hbond substituents is 2. The van der Waals surface area contributed by atoms with Crippen LogP contribution in [0, 0.1) is 13.8 Å². The molecular formula is C14H14N4O8S2. The Hall–Kier alpha value is -3.23. The van der Waals surface area contributed by atoms with E-state index >= 15 is 0 Å². The Balaban J connectivity index is 0.000000640. The molecule has 0 radical (unpaired) electrons. The van der Waals surface area contributed by atoms with E-state index in [1.807, 2.05) is 0 Å². The van der Waals surface area contributed by atoms with Gasteiger partial charge in [-0.25, -0.2) is 9.36 Å². The molecule has 0 bridgehead atoms. The van der Waals surface area contributed by atoms with E-state index in [9.17, 15) is 18.6 Å². The van der Waals surface area contributed by atoms with Gasteiger partial charge in [0.05, 0.1) is 12.4 Å². The highest BCUT2D eigenvalue weighted by atomic mass is 32.2.